The summed E-state index contributed by atoms with van der Waals surface area (Å²) in [6.45, 7) is 9.08. The summed E-state index contributed by atoms with van der Waals surface area (Å²) in [5, 5.41) is 0. The number of benzene rings is 4. The van der Waals surface area contributed by atoms with Gasteiger partial charge in [-0.1, -0.05) is 136 Å². The molecule has 0 N–H and O–H groups in total. The molecule has 0 aromatic heterocycles. The fraction of sp³-hybridized carbons (Fsp3) is 0.348. The van der Waals surface area contributed by atoms with Gasteiger partial charge in [-0.2, -0.15) is 0 Å². The van der Waals surface area contributed by atoms with E-state index in [0.717, 1.165) is 25.7 Å². The average molecular weight is 620 g/mol. The highest BCUT2D eigenvalue weighted by Gasteiger charge is 2.21. The van der Waals surface area contributed by atoms with Crippen molar-refractivity contribution < 1.29 is 0 Å². The number of aryl methyl sites for hydroxylation is 2. The Hall–Kier alpha value is -4.10. The second kappa shape index (κ2) is 15.7. The predicted molar refractivity (Wildman–Crippen MR) is 203 cm³/mol. The van der Waals surface area contributed by atoms with Crippen LogP contribution in [0.1, 0.15) is 111 Å². The van der Waals surface area contributed by atoms with Gasteiger partial charge < -0.3 is 4.90 Å². The van der Waals surface area contributed by atoms with Crippen LogP contribution in [-0.2, 0) is 19.3 Å². The number of allylic oxidation sites excluding steroid dienone is 4. The van der Waals surface area contributed by atoms with E-state index in [0.29, 0.717) is 23.8 Å². The Bertz CT molecular complexity index is 1650. The third-order valence-electron chi connectivity index (χ3n) is 10.3. The molecule has 2 atom stereocenters. The third-order valence-corrected chi connectivity index (χ3v) is 10.3. The summed E-state index contributed by atoms with van der Waals surface area (Å²) < 4.78 is 0. The Kier molecular flexibility index (Phi) is 10.9. The highest BCUT2D eigenvalue weighted by Crippen LogP contribution is 2.36. The minimum atomic E-state index is 0.322. The first-order valence-electron chi connectivity index (χ1n) is 18.1. The van der Waals surface area contributed by atoms with Gasteiger partial charge in [-0.15, -0.1) is 0 Å². The van der Waals surface area contributed by atoms with Gasteiger partial charge in [0.05, 0.1) is 6.04 Å². The Labute approximate surface area is 284 Å². The van der Waals surface area contributed by atoms with E-state index in [4.69, 9.17) is 0 Å². The van der Waals surface area contributed by atoms with Crippen LogP contribution in [0, 0.1) is 0 Å². The van der Waals surface area contributed by atoms with E-state index in [-0.39, 0.29) is 0 Å². The average Bonchev–Trinajstić information content (AvgIpc) is 3.12. The van der Waals surface area contributed by atoms with Gasteiger partial charge in [0.15, 0.2) is 0 Å². The van der Waals surface area contributed by atoms with Gasteiger partial charge in [-0.05, 0) is 121 Å². The zero-order valence-corrected chi connectivity index (χ0v) is 29.0. The van der Waals surface area contributed by atoms with Crippen LogP contribution < -0.4 is 4.90 Å². The summed E-state index contributed by atoms with van der Waals surface area (Å²) in [4.78, 5) is 2.49. The number of nitrogens with zero attached hydrogens (tertiary/aromatic N) is 1. The summed E-state index contributed by atoms with van der Waals surface area (Å²) >= 11 is 0. The molecular weight excluding hydrogens is 567 g/mol. The van der Waals surface area contributed by atoms with Crippen molar-refractivity contribution in [2.45, 2.75) is 103 Å². The molecular formula is C46H53N. The van der Waals surface area contributed by atoms with Crippen molar-refractivity contribution in [2.24, 2.45) is 0 Å². The topological polar surface area (TPSA) is 3.24 Å². The molecule has 2 aliphatic rings. The molecule has 0 fully saturated rings. The second-order valence-corrected chi connectivity index (χ2v) is 14.3. The third kappa shape index (κ3) is 8.44. The number of anilines is 2. The van der Waals surface area contributed by atoms with Gasteiger partial charge in [0.2, 0.25) is 0 Å². The Balaban J connectivity index is 1.11. The molecule has 2 aliphatic carbocycles. The van der Waals surface area contributed by atoms with Crippen LogP contribution in [0.2, 0.25) is 0 Å². The molecule has 0 saturated carbocycles. The maximum Gasteiger partial charge on any atom is 0.0559 e. The Morgan fingerprint density at radius 2 is 1.13 bits per heavy atom. The van der Waals surface area contributed by atoms with Crippen molar-refractivity contribution in [1.82, 2.24) is 0 Å². The number of rotatable bonds is 12. The van der Waals surface area contributed by atoms with Crippen molar-refractivity contribution in [3.05, 3.63) is 166 Å². The lowest BCUT2D eigenvalue weighted by atomic mass is 9.80. The zero-order chi connectivity index (χ0) is 32.6. The lowest BCUT2D eigenvalue weighted by molar-refractivity contribution is 0.635. The lowest BCUT2D eigenvalue weighted by Gasteiger charge is -2.33. The van der Waals surface area contributed by atoms with E-state index in [1.807, 2.05) is 0 Å². The first-order valence-corrected chi connectivity index (χ1v) is 18.1. The van der Waals surface area contributed by atoms with Crippen LogP contribution in [0.4, 0.5) is 11.4 Å². The largest absolute Gasteiger partial charge is 0.334 e. The first-order chi connectivity index (χ1) is 22.9. The summed E-state index contributed by atoms with van der Waals surface area (Å²) in [7, 11) is 0. The standard InChI is InChI=1S/C46H53N/c1-34(2)39-23-25-42(26-24-39)46(41-11-7-5-8-12-41)33-38-19-17-36(18-20-38)15-16-37-21-29-44(30-22-37)47(43-13-9-6-10-14-43)45-31-27-40(28-32-45)35(3)4/h6,9-11,13,17-32,34-35,43,46H,5,7-8,12,14-16,33H2,1-4H3. The normalized spacial score (nSPS) is 16.8. The lowest BCUT2D eigenvalue weighted by Crippen LogP contribution is -2.29. The van der Waals surface area contributed by atoms with E-state index < -0.39 is 0 Å². The fourth-order valence-corrected chi connectivity index (χ4v) is 7.26. The summed E-state index contributed by atoms with van der Waals surface area (Å²) in [6.07, 6.45) is 20.8. The summed E-state index contributed by atoms with van der Waals surface area (Å²) in [6, 6.07) is 37.7. The molecule has 4 aromatic rings. The van der Waals surface area contributed by atoms with Crippen LogP contribution >= 0.6 is 0 Å². The van der Waals surface area contributed by atoms with Gasteiger partial charge in [-0.3, -0.25) is 0 Å². The summed E-state index contributed by atoms with van der Waals surface area (Å²) in [5.74, 6) is 1.59. The van der Waals surface area contributed by atoms with Gasteiger partial charge in [-0.25, -0.2) is 0 Å². The Morgan fingerprint density at radius 1 is 0.596 bits per heavy atom. The molecule has 242 valence electrons. The van der Waals surface area contributed by atoms with Crippen molar-refractivity contribution in [1.29, 1.82) is 0 Å². The molecule has 0 spiro atoms. The molecule has 0 radical (unpaired) electrons. The minimum absolute atomic E-state index is 0.322. The van der Waals surface area contributed by atoms with E-state index >= 15 is 0 Å². The molecule has 47 heavy (non-hydrogen) atoms. The molecule has 0 heterocycles. The van der Waals surface area contributed by atoms with E-state index in [2.05, 4.69) is 160 Å². The van der Waals surface area contributed by atoms with Crippen LogP contribution in [0.25, 0.3) is 0 Å². The molecule has 0 aliphatic heterocycles. The molecule has 0 amide bonds. The predicted octanol–water partition coefficient (Wildman–Crippen LogP) is 12.6. The molecule has 2 unspecified atom stereocenters. The van der Waals surface area contributed by atoms with Gasteiger partial charge in [0.25, 0.3) is 0 Å². The zero-order valence-electron chi connectivity index (χ0n) is 29.0. The number of hydrogen-bond donors (Lipinski definition) is 0. The number of hydrogen-bond acceptors (Lipinski definition) is 1. The second-order valence-electron chi connectivity index (χ2n) is 14.3. The highest BCUT2D eigenvalue weighted by atomic mass is 15.2. The molecule has 1 heteroatoms. The molecule has 1 nitrogen and oxygen atoms in total. The monoisotopic (exact) mass is 619 g/mol. The van der Waals surface area contributed by atoms with Gasteiger partial charge in [0, 0.05) is 17.3 Å². The highest BCUT2D eigenvalue weighted by molar-refractivity contribution is 5.66. The smallest absolute Gasteiger partial charge is 0.0559 e. The van der Waals surface area contributed by atoms with Gasteiger partial charge >= 0.3 is 0 Å². The van der Waals surface area contributed by atoms with Crippen LogP contribution in [0.5, 0.6) is 0 Å². The van der Waals surface area contributed by atoms with E-state index in [9.17, 15) is 0 Å². The molecule has 4 aromatic carbocycles. The SMILES string of the molecule is CC(C)c1ccc(C(Cc2ccc(CCc3ccc(N(c4ccc(C(C)C)cc4)C4C=CC=CC4)cc3)cc2)C2=CCCCC2)cc1. The van der Waals surface area contributed by atoms with Crippen LogP contribution in [-0.4, -0.2) is 6.04 Å². The minimum Gasteiger partial charge on any atom is -0.334 e. The molecule has 0 saturated heterocycles. The van der Waals surface area contributed by atoms with Crippen molar-refractivity contribution in [3.8, 4) is 0 Å². The summed E-state index contributed by atoms with van der Waals surface area (Å²) in [5.41, 5.74) is 12.7. The van der Waals surface area contributed by atoms with Crippen molar-refractivity contribution in [2.75, 3.05) is 4.90 Å². The maximum atomic E-state index is 2.54. The molecule has 6 rings (SSSR count). The Morgan fingerprint density at radius 3 is 1.66 bits per heavy atom. The van der Waals surface area contributed by atoms with Gasteiger partial charge in [0.1, 0.15) is 0 Å². The fourth-order valence-electron chi connectivity index (χ4n) is 7.26. The quantitative estimate of drug-likeness (QED) is 0.143. The van der Waals surface area contributed by atoms with Crippen molar-refractivity contribution >= 4 is 11.4 Å². The van der Waals surface area contributed by atoms with Crippen LogP contribution in [0.15, 0.2) is 133 Å². The molecule has 0 bridgehead atoms. The van der Waals surface area contributed by atoms with E-state index in [1.54, 1.807) is 5.57 Å². The van der Waals surface area contributed by atoms with E-state index in [1.165, 1.54) is 70.4 Å². The first kappa shape index (κ1) is 32.8. The van der Waals surface area contributed by atoms with Crippen LogP contribution in [0.3, 0.4) is 0 Å². The maximum absolute atomic E-state index is 2.54. The van der Waals surface area contributed by atoms with Crippen molar-refractivity contribution in [3.63, 3.8) is 0 Å².